The van der Waals surface area contributed by atoms with Crippen LogP contribution in [0.2, 0.25) is 0 Å². The maximum Gasteiger partial charge on any atom is 0.119 e. The number of nitrogens with two attached hydrogens (primary N) is 1. The lowest BCUT2D eigenvalue weighted by atomic mass is 10.1. The van der Waals surface area contributed by atoms with Crippen LogP contribution in [0.1, 0.15) is 19.0 Å². The fourth-order valence-corrected chi connectivity index (χ4v) is 2.44. The van der Waals surface area contributed by atoms with E-state index >= 15 is 0 Å². The standard InChI is InChI=1S/C19H21N3O/c1-2-12-23-18-10-8-17(9-11-18)22-19(13-16(14-20)21-22)15-6-4-3-5-7-15/h3-11,13H,2,12,14,20H2,1H3. The first-order valence-electron chi connectivity index (χ1n) is 7.89. The zero-order valence-corrected chi connectivity index (χ0v) is 13.3. The number of aromatic nitrogens is 2. The lowest BCUT2D eigenvalue weighted by molar-refractivity contribution is 0.317. The maximum atomic E-state index is 5.77. The van der Waals surface area contributed by atoms with Gasteiger partial charge in [0.15, 0.2) is 0 Å². The number of ether oxygens (including phenoxy) is 1. The first-order chi connectivity index (χ1) is 11.3. The molecule has 1 aromatic heterocycles. The third kappa shape index (κ3) is 3.43. The van der Waals surface area contributed by atoms with Crippen molar-refractivity contribution in [1.29, 1.82) is 0 Å². The van der Waals surface area contributed by atoms with Crippen molar-refractivity contribution in [2.75, 3.05) is 6.61 Å². The molecule has 23 heavy (non-hydrogen) atoms. The van der Waals surface area contributed by atoms with Gasteiger partial charge in [-0.25, -0.2) is 4.68 Å². The predicted octanol–water partition coefficient (Wildman–Crippen LogP) is 3.79. The minimum Gasteiger partial charge on any atom is -0.494 e. The van der Waals surface area contributed by atoms with Crippen molar-refractivity contribution >= 4 is 0 Å². The van der Waals surface area contributed by atoms with Gasteiger partial charge in [-0.05, 0) is 36.8 Å². The van der Waals surface area contributed by atoms with Gasteiger partial charge in [-0.15, -0.1) is 0 Å². The average molecular weight is 307 g/mol. The van der Waals surface area contributed by atoms with Crippen LogP contribution in [0.25, 0.3) is 16.9 Å². The molecule has 3 rings (SSSR count). The highest BCUT2D eigenvalue weighted by Gasteiger charge is 2.11. The molecule has 2 N–H and O–H groups in total. The molecule has 3 aromatic rings. The summed E-state index contributed by atoms with van der Waals surface area (Å²) in [7, 11) is 0. The van der Waals surface area contributed by atoms with Gasteiger partial charge in [-0.1, -0.05) is 37.3 Å². The van der Waals surface area contributed by atoms with Crippen LogP contribution in [0.3, 0.4) is 0 Å². The summed E-state index contributed by atoms with van der Waals surface area (Å²) in [4.78, 5) is 0. The largest absolute Gasteiger partial charge is 0.494 e. The van der Waals surface area contributed by atoms with Crippen LogP contribution in [0.4, 0.5) is 0 Å². The van der Waals surface area contributed by atoms with Crippen LogP contribution in [-0.2, 0) is 6.54 Å². The molecule has 0 fully saturated rings. The van der Waals surface area contributed by atoms with Crippen molar-refractivity contribution in [1.82, 2.24) is 9.78 Å². The molecule has 1 heterocycles. The molecule has 0 unspecified atom stereocenters. The Morgan fingerprint density at radius 3 is 2.43 bits per heavy atom. The van der Waals surface area contributed by atoms with Crippen molar-refractivity contribution in [2.24, 2.45) is 5.73 Å². The second-order valence-corrected chi connectivity index (χ2v) is 5.35. The van der Waals surface area contributed by atoms with Gasteiger partial charge in [0.2, 0.25) is 0 Å². The Kier molecular flexibility index (Phi) is 4.74. The maximum absolute atomic E-state index is 5.77. The lowest BCUT2D eigenvalue weighted by Crippen LogP contribution is -2.02. The molecule has 0 saturated carbocycles. The normalized spacial score (nSPS) is 10.7. The summed E-state index contributed by atoms with van der Waals surface area (Å²) in [6.45, 7) is 3.25. The molecule has 0 aliphatic carbocycles. The van der Waals surface area contributed by atoms with Crippen LogP contribution in [0, 0.1) is 0 Å². The molecule has 4 heteroatoms. The van der Waals surface area contributed by atoms with Crippen molar-refractivity contribution in [3.05, 3.63) is 66.4 Å². The average Bonchev–Trinajstić information content (AvgIpc) is 3.05. The highest BCUT2D eigenvalue weighted by atomic mass is 16.5. The monoisotopic (exact) mass is 307 g/mol. The number of rotatable bonds is 6. The van der Waals surface area contributed by atoms with Gasteiger partial charge in [0, 0.05) is 12.1 Å². The fraction of sp³-hybridized carbons (Fsp3) is 0.211. The molecule has 118 valence electrons. The van der Waals surface area contributed by atoms with Crippen LogP contribution in [0.5, 0.6) is 5.75 Å². The Morgan fingerprint density at radius 1 is 1.04 bits per heavy atom. The molecule has 2 aromatic carbocycles. The van der Waals surface area contributed by atoms with E-state index in [1.807, 2.05) is 53.2 Å². The Labute approximate surface area is 136 Å². The Balaban J connectivity index is 1.97. The second kappa shape index (κ2) is 7.11. The molecule has 0 spiro atoms. The summed E-state index contributed by atoms with van der Waals surface area (Å²) in [5.41, 5.74) is 9.79. The predicted molar refractivity (Wildman–Crippen MR) is 92.7 cm³/mol. The summed E-state index contributed by atoms with van der Waals surface area (Å²) in [5, 5.41) is 4.62. The number of hydrogen-bond acceptors (Lipinski definition) is 3. The number of hydrogen-bond donors (Lipinski definition) is 1. The zero-order valence-electron chi connectivity index (χ0n) is 13.3. The molecule has 0 amide bonds. The SMILES string of the molecule is CCCOc1ccc(-n2nc(CN)cc2-c2ccccc2)cc1. The molecule has 0 aliphatic heterocycles. The van der Waals surface area contributed by atoms with E-state index in [1.165, 1.54) is 0 Å². The molecule has 0 saturated heterocycles. The highest BCUT2D eigenvalue weighted by Crippen LogP contribution is 2.25. The number of nitrogens with zero attached hydrogens (tertiary/aromatic N) is 2. The van der Waals surface area contributed by atoms with E-state index in [9.17, 15) is 0 Å². The van der Waals surface area contributed by atoms with E-state index in [0.29, 0.717) is 6.54 Å². The van der Waals surface area contributed by atoms with Gasteiger partial charge in [0.1, 0.15) is 5.75 Å². The molecular weight excluding hydrogens is 286 g/mol. The Hall–Kier alpha value is -2.59. The Morgan fingerprint density at radius 2 is 1.78 bits per heavy atom. The third-order valence-corrected chi connectivity index (χ3v) is 3.59. The van der Waals surface area contributed by atoms with Crippen LogP contribution < -0.4 is 10.5 Å². The summed E-state index contributed by atoms with van der Waals surface area (Å²) in [5.74, 6) is 0.878. The first-order valence-corrected chi connectivity index (χ1v) is 7.89. The van der Waals surface area contributed by atoms with E-state index in [0.717, 1.165) is 41.4 Å². The van der Waals surface area contributed by atoms with Crippen LogP contribution in [-0.4, -0.2) is 16.4 Å². The quantitative estimate of drug-likeness (QED) is 0.754. The van der Waals surface area contributed by atoms with Crippen molar-refractivity contribution in [2.45, 2.75) is 19.9 Å². The minimum atomic E-state index is 0.421. The Bertz CT molecular complexity index is 748. The van der Waals surface area contributed by atoms with Gasteiger partial charge < -0.3 is 10.5 Å². The van der Waals surface area contributed by atoms with E-state index in [-0.39, 0.29) is 0 Å². The fourth-order valence-electron chi connectivity index (χ4n) is 2.44. The summed E-state index contributed by atoms with van der Waals surface area (Å²) in [6, 6.07) is 20.2. The smallest absolute Gasteiger partial charge is 0.119 e. The van der Waals surface area contributed by atoms with Crippen LogP contribution >= 0.6 is 0 Å². The lowest BCUT2D eigenvalue weighted by Gasteiger charge is -2.09. The summed E-state index contributed by atoms with van der Waals surface area (Å²) in [6.07, 6.45) is 0.999. The summed E-state index contributed by atoms with van der Waals surface area (Å²) < 4.78 is 7.57. The van der Waals surface area contributed by atoms with Crippen molar-refractivity contribution in [3.63, 3.8) is 0 Å². The van der Waals surface area contributed by atoms with E-state index in [1.54, 1.807) is 0 Å². The topological polar surface area (TPSA) is 53.1 Å². The van der Waals surface area contributed by atoms with Gasteiger partial charge in [-0.3, -0.25) is 0 Å². The van der Waals surface area contributed by atoms with Gasteiger partial charge >= 0.3 is 0 Å². The van der Waals surface area contributed by atoms with E-state index < -0.39 is 0 Å². The molecule has 0 bridgehead atoms. The molecule has 0 radical (unpaired) electrons. The van der Waals surface area contributed by atoms with Gasteiger partial charge in [0.05, 0.1) is 23.7 Å². The highest BCUT2D eigenvalue weighted by molar-refractivity contribution is 5.62. The molecular formula is C19H21N3O. The molecule has 0 atom stereocenters. The number of benzene rings is 2. The second-order valence-electron chi connectivity index (χ2n) is 5.35. The molecule has 4 nitrogen and oxygen atoms in total. The van der Waals surface area contributed by atoms with E-state index in [4.69, 9.17) is 10.5 Å². The third-order valence-electron chi connectivity index (χ3n) is 3.59. The van der Waals surface area contributed by atoms with Gasteiger partial charge in [0.25, 0.3) is 0 Å². The zero-order chi connectivity index (χ0) is 16.1. The van der Waals surface area contributed by atoms with Crippen LogP contribution in [0.15, 0.2) is 60.7 Å². The van der Waals surface area contributed by atoms with Crippen molar-refractivity contribution < 1.29 is 4.74 Å². The molecule has 0 aliphatic rings. The van der Waals surface area contributed by atoms with E-state index in [2.05, 4.69) is 24.2 Å². The minimum absolute atomic E-state index is 0.421. The first kappa shape index (κ1) is 15.3. The van der Waals surface area contributed by atoms with Crippen molar-refractivity contribution in [3.8, 4) is 22.7 Å². The summed E-state index contributed by atoms with van der Waals surface area (Å²) >= 11 is 0. The van der Waals surface area contributed by atoms with Gasteiger partial charge in [-0.2, -0.15) is 5.10 Å².